The first-order chi connectivity index (χ1) is 9.34. The van der Waals surface area contributed by atoms with E-state index in [2.05, 4.69) is 13.3 Å². The van der Waals surface area contributed by atoms with Crippen LogP contribution >= 0.6 is 0 Å². The first-order valence-corrected chi connectivity index (χ1v) is 7.93. The number of hydrogen-bond acceptors (Lipinski definition) is 1. The molecule has 0 fully saturated rings. The van der Waals surface area contributed by atoms with Crippen LogP contribution in [0.4, 0.5) is 0 Å². The summed E-state index contributed by atoms with van der Waals surface area (Å²) in [5.74, 6) is 0.453. The third-order valence-electron chi connectivity index (χ3n) is 3.63. The van der Waals surface area contributed by atoms with Crippen molar-refractivity contribution in [1.82, 2.24) is 0 Å². The second-order valence-corrected chi connectivity index (χ2v) is 5.34. The fourth-order valence-corrected chi connectivity index (χ4v) is 2.41. The van der Waals surface area contributed by atoms with E-state index in [1.54, 1.807) is 6.07 Å². The zero-order chi connectivity index (χ0) is 13.8. The third kappa shape index (κ3) is 7.92. The average Bonchev–Trinajstić information content (AvgIpc) is 2.43. The highest BCUT2D eigenvalue weighted by atomic mass is 16.3. The van der Waals surface area contributed by atoms with Gasteiger partial charge in [-0.15, -0.1) is 0 Å². The van der Waals surface area contributed by atoms with E-state index in [9.17, 15) is 5.11 Å². The molecule has 0 unspecified atom stereocenters. The van der Waals surface area contributed by atoms with Crippen molar-refractivity contribution in [3.63, 3.8) is 0 Å². The number of aryl methyl sites for hydroxylation is 1. The van der Waals surface area contributed by atoms with E-state index in [4.69, 9.17) is 0 Å². The highest BCUT2D eigenvalue weighted by Gasteiger charge is 1.99. The van der Waals surface area contributed by atoms with Gasteiger partial charge in [0.25, 0.3) is 0 Å². The maximum Gasteiger partial charge on any atom is 0.118 e. The molecule has 1 aromatic carbocycles. The fourth-order valence-electron chi connectivity index (χ4n) is 2.41. The fraction of sp³-hybridized carbons (Fsp3) is 0.611. The number of hydrogen-bond donors (Lipinski definition) is 1. The molecule has 0 saturated carbocycles. The van der Waals surface area contributed by atoms with Gasteiger partial charge in [0.05, 0.1) is 0 Å². The summed E-state index contributed by atoms with van der Waals surface area (Å²) in [5.41, 5.74) is 1.10. The zero-order valence-corrected chi connectivity index (χ0v) is 12.4. The molecular weight excluding hydrogens is 232 g/mol. The van der Waals surface area contributed by atoms with Gasteiger partial charge in [0.15, 0.2) is 0 Å². The van der Waals surface area contributed by atoms with E-state index < -0.39 is 0 Å². The van der Waals surface area contributed by atoms with Crippen molar-refractivity contribution >= 4 is 0 Å². The molecule has 19 heavy (non-hydrogen) atoms. The number of para-hydroxylation sites is 1. The van der Waals surface area contributed by atoms with Gasteiger partial charge in [-0.05, 0) is 30.9 Å². The lowest BCUT2D eigenvalue weighted by atomic mass is 10.0. The van der Waals surface area contributed by atoms with Gasteiger partial charge < -0.3 is 5.11 Å². The molecule has 107 valence electrons. The highest BCUT2D eigenvalue weighted by molar-refractivity contribution is 5.31. The lowest BCUT2D eigenvalue weighted by molar-refractivity contribution is 0.466. The Morgan fingerprint density at radius 3 is 2.21 bits per heavy atom. The second-order valence-electron chi connectivity index (χ2n) is 5.34. The Labute approximate surface area is 119 Å². The SMILES string of the molecule is CC[CH]CCCCCCCCCc1ccccc1O. The Morgan fingerprint density at radius 1 is 0.895 bits per heavy atom. The van der Waals surface area contributed by atoms with Crippen LogP contribution in [0.2, 0.25) is 0 Å². The summed E-state index contributed by atoms with van der Waals surface area (Å²) < 4.78 is 0. The van der Waals surface area contributed by atoms with Gasteiger partial charge in [-0.3, -0.25) is 0 Å². The zero-order valence-electron chi connectivity index (χ0n) is 12.4. The van der Waals surface area contributed by atoms with Crippen molar-refractivity contribution in [1.29, 1.82) is 0 Å². The minimum absolute atomic E-state index is 0.453. The van der Waals surface area contributed by atoms with Gasteiger partial charge in [-0.25, -0.2) is 0 Å². The van der Waals surface area contributed by atoms with Crippen LogP contribution in [0.1, 0.15) is 70.3 Å². The normalized spacial score (nSPS) is 10.8. The van der Waals surface area contributed by atoms with Crippen molar-refractivity contribution in [2.24, 2.45) is 0 Å². The first-order valence-electron chi connectivity index (χ1n) is 7.93. The molecule has 0 aliphatic heterocycles. The molecule has 0 aliphatic carbocycles. The van der Waals surface area contributed by atoms with Gasteiger partial charge in [0, 0.05) is 0 Å². The average molecular weight is 261 g/mol. The topological polar surface area (TPSA) is 20.2 Å². The predicted octanol–water partition coefficient (Wildman–Crippen LogP) is 5.67. The van der Waals surface area contributed by atoms with E-state index in [1.807, 2.05) is 18.2 Å². The number of phenolic OH excluding ortho intramolecular Hbond substituents is 1. The van der Waals surface area contributed by atoms with Crippen molar-refractivity contribution in [2.75, 3.05) is 0 Å². The number of benzene rings is 1. The Morgan fingerprint density at radius 2 is 1.53 bits per heavy atom. The Kier molecular flexibility index (Phi) is 9.22. The molecule has 1 aromatic rings. The number of rotatable bonds is 11. The Hall–Kier alpha value is -0.980. The van der Waals surface area contributed by atoms with Crippen LogP contribution in [0.5, 0.6) is 5.75 Å². The molecule has 0 heterocycles. The minimum atomic E-state index is 0.453. The number of phenols is 1. The Balaban J connectivity index is 1.90. The molecule has 1 rings (SSSR count). The van der Waals surface area contributed by atoms with Crippen LogP contribution < -0.4 is 0 Å². The smallest absolute Gasteiger partial charge is 0.118 e. The van der Waals surface area contributed by atoms with Crippen LogP contribution in [0.3, 0.4) is 0 Å². The number of aromatic hydroxyl groups is 1. The Bertz CT molecular complexity index is 319. The molecule has 1 heteroatoms. The molecule has 0 aromatic heterocycles. The molecule has 0 amide bonds. The van der Waals surface area contributed by atoms with Crippen LogP contribution in [0.15, 0.2) is 24.3 Å². The van der Waals surface area contributed by atoms with E-state index in [0.29, 0.717) is 5.75 Å². The predicted molar refractivity (Wildman–Crippen MR) is 83.3 cm³/mol. The second kappa shape index (κ2) is 10.9. The van der Waals surface area contributed by atoms with E-state index in [0.717, 1.165) is 12.0 Å². The van der Waals surface area contributed by atoms with Gasteiger partial charge in [-0.1, -0.05) is 76.5 Å². The summed E-state index contributed by atoms with van der Waals surface area (Å²) in [6, 6.07) is 7.69. The largest absolute Gasteiger partial charge is 0.508 e. The van der Waals surface area contributed by atoms with Gasteiger partial charge in [0.1, 0.15) is 5.75 Å². The van der Waals surface area contributed by atoms with E-state index in [-0.39, 0.29) is 0 Å². The van der Waals surface area contributed by atoms with E-state index >= 15 is 0 Å². The molecule has 0 saturated heterocycles. The highest BCUT2D eigenvalue weighted by Crippen LogP contribution is 2.19. The van der Waals surface area contributed by atoms with Gasteiger partial charge in [-0.2, -0.15) is 0 Å². The summed E-state index contributed by atoms with van der Waals surface area (Å²) in [7, 11) is 0. The number of unbranched alkanes of at least 4 members (excludes halogenated alkanes) is 9. The van der Waals surface area contributed by atoms with Crippen LogP contribution in [-0.2, 0) is 6.42 Å². The quantitative estimate of drug-likeness (QED) is 0.509. The monoisotopic (exact) mass is 261 g/mol. The third-order valence-corrected chi connectivity index (χ3v) is 3.63. The van der Waals surface area contributed by atoms with Crippen molar-refractivity contribution in [2.45, 2.75) is 71.1 Å². The summed E-state index contributed by atoms with van der Waals surface area (Å²) in [6.45, 7) is 2.21. The molecule has 0 spiro atoms. The minimum Gasteiger partial charge on any atom is -0.508 e. The van der Waals surface area contributed by atoms with Crippen LogP contribution in [-0.4, -0.2) is 5.11 Å². The molecule has 1 radical (unpaired) electrons. The van der Waals surface area contributed by atoms with E-state index in [1.165, 1.54) is 57.8 Å². The summed E-state index contributed by atoms with van der Waals surface area (Å²) in [6.07, 6.45) is 15.2. The summed E-state index contributed by atoms with van der Waals surface area (Å²) in [4.78, 5) is 0. The molecule has 0 bridgehead atoms. The standard InChI is InChI=1S/C18H29O/c1-2-3-4-5-6-7-8-9-10-11-14-17-15-12-13-16-18(17)19/h3,12-13,15-16,19H,2,4-11,14H2,1H3. The van der Waals surface area contributed by atoms with Gasteiger partial charge >= 0.3 is 0 Å². The molecule has 0 aliphatic rings. The summed E-state index contributed by atoms with van der Waals surface area (Å²) in [5, 5.41) is 9.65. The van der Waals surface area contributed by atoms with Gasteiger partial charge in [0.2, 0.25) is 0 Å². The lowest BCUT2D eigenvalue weighted by Gasteiger charge is -2.04. The summed E-state index contributed by atoms with van der Waals surface area (Å²) >= 11 is 0. The maximum atomic E-state index is 9.65. The van der Waals surface area contributed by atoms with Crippen LogP contribution in [0.25, 0.3) is 0 Å². The van der Waals surface area contributed by atoms with Crippen molar-refractivity contribution < 1.29 is 5.11 Å². The first kappa shape index (κ1) is 16.1. The molecule has 0 atom stereocenters. The molecule has 1 nitrogen and oxygen atoms in total. The van der Waals surface area contributed by atoms with Crippen LogP contribution in [0, 0.1) is 6.42 Å². The van der Waals surface area contributed by atoms with Crippen molar-refractivity contribution in [3.8, 4) is 5.75 Å². The molecular formula is C18H29O. The molecule has 1 N–H and O–H groups in total. The van der Waals surface area contributed by atoms with Crippen molar-refractivity contribution in [3.05, 3.63) is 36.2 Å². The lowest BCUT2D eigenvalue weighted by Crippen LogP contribution is -1.87. The maximum absolute atomic E-state index is 9.65.